The fourth-order valence-electron chi connectivity index (χ4n) is 3.88. The average Bonchev–Trinajstić information content (AvgIpc) is 3.00. The van der Waals surface area contributed by atoms with Crippen LogP contribution in [0.25, 0.3) is 0 Å². The highest BCUT2D eigenvalue weighted by Crippen LogP contribution is 2.28. The molecule has 0 fully saturated rings. The van der Waals surface area contributed by atoms with Gasteiger partial charge < -0.3 is 20.3 Å². The minimum absolute atomic E-state index is 0.00358. The second-order valence-electron chi connectivity index (χ2n) is 8.66. The maximum atomic E-state index is 11.4. The van der Waals surface area contributed by atoms with Crippen molar-refractivity contribution in [1.29, 1.82) is 0 Å². The third kappa shape index (κ3) is 7.59. The molecular formula is C32H36N2O3. The third-order valence-electron chi connectivity index (χ3n) is 5.93. The smallest absolute Gasteiger partial charge is 0.142 e. The van der Waals surface area contributed by atoms with Crippen LogP contribution in [0.3, 0.4) is 0 Å². The first-order valence-electron chi connectivity index (χ1n) is 15.0. The molecule has 192 valence electrons. The first-order valence-corrected chi connectivity index (χ1v) is 12.0. The standard InChI is InChI=1S/C32H36N2O3/c1-24(19-25-13-16-29(36-2)17-14-25)34(21-26-9-5-3-6-10-26)22-31(35)28-15-18-32(30(33)20-28)37-23-27-11-7-4-8-12-27/h3-18,20,24,31,35H,19,21-23,33H2,1-2H3/i1D3,19D2,24D. The van der Waals surface area contributed by atoms with Gasteiger partial charge in [0.05, 0.1) is 18.9 Å². The maximum absolute atomic E-state index is 11.4. The topological polar surface area (TPSA) is 68.0 Å². The Balaban J connectivity index is 1.67. The van der Waals surface area contributed by atoms with Gasteiger partial charge in [-0.25, -0.2) is 0 Å². The predicted octanol–water partition coefficient (Wildman–Crippen LogP) is 6.02. The van der Waals surface area contributed by atoms with Crippen molar-refractivity contribution in [3.63, 3.8) is 0 Å². The highest BCUT2D eigenvalue weighted by molar-refractivity contribution is 5.54. The highest BCUT2D eigenvalue weighted by atomic mass is 16.5. The van der Waals surface area contributed by atoms with Crippen molar-refractivity contribution >= 4 is 5.69 Å². The Hall–Kier alpha value is -3.80. The van der Waals surface area contributed by atoms with E-state index in [1.807, 2.05) is 30.3 Å². The molecule has 0 radical (unpaired) electrons. The average molecular weight is 503 g/mol. The van der Waals surface area contributed by atoms with Gasteiger partial charge in [0.25, 0.3) is 0 Å². The van der Waals surface area contributed by atoms with Crippen molar-refractivity contribution in [3.05, 3.63) is 125 Å². The number of hydrogen-bond acceptors (Lipinski definition) is 5. The monoisotopic (exact) mass is 502 g/mol. The zero-order chi connectivity index (χ0) is 31.3. The fourth-order valence-corrected chi connectivity index (χ4v) is 3.88. The molecule has 0 spiro atoms. The summed E-state index contributed by atoms with van der Waals surface area (Å²) in [6.45, 7) is -3.30. The van der Waals surface area contributed by atoms with E-state index in [0.29, 0.717) is 29.2 Å². The number of aliphatic hydroxyl groups excluding tert-OH is 1. The van der Waals surface area contributed by atoms with Gasteiger partial charge in [0.15, 0.2) is 0 Å². The Morgan fingerprint density at radius 2 is 1.59 bits per heavy atom. The highest BCUT2D eigenvalue weighted by Gasteiger charge is 2.20. The number of nitrogen functional groups attached to an aromatic ring is 1. The van der Waals surface area contributed by atoms with E-state index in [-0.39, 0.29) is 24.3 Å². The van der Waals surface area contributed by atoms with Crippen LogP contribution in [0.15, 0.2) is 103 Å². The minimum atomic E-state index is -3.13. The van der Waals surface area contributed by atoms with Crippen LogP contribution in [-0.2, 0) is 19.5 Å². The van der Waals surface area contributed by atoms with Gasteiger partial charge in [-0.05, 0) is 59.7 Å². The molecule has 5 heteroatoms. The summed E-state index contributed by atoms with van der Waals surface area (Å²) >= 11 is 0. The van der Waals surface area contributed by atoms with E-state index in [1.165, 1.54) is 36.3 Å². The molecule has 2 atom stereocenters. The summed E-state index contributed by atoms with van der Waals surface area (Å²) < 4.78 is 63.7. The SMILES string of the molecule is [2H]C([2H])([2H])C([2H])(N(Cc1ccccc1)CC(O)c1ccc(OCc2ccccc2)c(N)c1)C([2H])([2H])c1ccc(OC)cc1. The van der Waals surface area contributed by atoms with Gasteiger partial charge in [-0.15, -0.1) is 0 Å². The van der Waals surface area contributed by atoms with E-state index in [9.17, 15) is 6.48 Å². The largest absolute Gasteiger partial charge is 0.497 e. The summed E-state index contributed by atoms with van der Waals surface area (Å²) in [5, 5.41) is 11.4. The van der Waals surface area contributed by atoms with E-state index in [2.05, 4.69) is 0 Å². The van der Waals surface area contributed by atoms with Crippen molar-refractivity contribution in [2.24, 2.45) is 0 Å². The van der Waals surface area contributed by atoms with Crippen molar-refractivity contribution in [2.45, 2.75) is 38.5 Å². The quantitative estimate of drug-likeness (QED) is 0.232. The molecule has 4 aromatic rings. The molecule has 3 N–H and O–H groups in total. The summed E-state index contributed by atoms with van der Waals surface area (Å²) in [6, 6.07) is 26.3. The van der Waals surface area contributed by atoms with E-state index < -0.39 is 25.3 Å². The molecule has 0 aliphatic carbocycles. The van der Waals surface area contributed by atoms with Crippen LogP contribution in [-0.4, -0.2) is 29.7 Å². The minimum Gasteiger partial charge on any atom is -0.497 e. The Kier molecular flexibility index (Phi) is 6.76. The molecule has 0 saturated carbocycles. The first kappa shape index (κ1) is 19.3. The van der Waals surface area contributed by atoms with Gasteiger partial charge in [-0.2, -0.15) is 0 Å². The lowest BCUT2D eigenvalue weighted by Gasteiger charge is -2.31. The molecular weight excluding hydrogens is 460 g/mol. The van der Waals surface area contributed by atoms with Crippen LogP contribution in [0.5, 0.6) is 11.5 Å². The summed E-state index contributed by atoms with van der Waals surface area (Å²) in [5.74, 6) is 0.892. The molecule has 0 aliphatic rings. The molecule has 4 aromatic carbocycles. The van der Waals surface area contributed by atoms with Crippen LogP contribution < -0.4 is 15.2 Å². The van der Waals surface area contributed by atoms with E-state index >= 15 is 0 Å². The molecule has 0 aromatic heterocycles. The summed E-state index contributed by atoms with van der Waals surface area (Å²) in [5.41, 5.74) is 8.53. The van der Waals surface area contributed by atoms with Crippen LogP contribution >= 0.6 is 0 Å². The Bertz CT molecular complexity index is 1470. The molecule has 2 unspecified atom stereocenters. The fraction of sp³-hybridized carbons (Fsp3) is 0.250. The zero-order valence-corrected chi connectivity index (χ0v) is 20.8. The lowest BCUT2D eigenvalue weighted by Crippen LogP contribution is -2.37. The van der Waals surface area contributed by atoms with E-state index in [4.69, 9.17) is 22.1 Å². The summed E-state index contributed by atoms with van der Waals surface area (Å²) in [4.78, 5) is 1.18. The van der Waals surface area contributed by atoms with Crippen molar-refractivity contribution in [1.82, 2.24) is 4.90 Å². The second-order valence-corrected chi connectivity index (χ2v) is 8.66. The number of ether oxygens (including phenoxy) is 2. The second kappa shape index (κ2) is 12.9. The number of nitrogens with two attached hydrogens (primary N) is 1. The first-order chi connectivity index (χ1) is 20.4. The number of aliphatic hydroxyl groups is 1. The van der Waals surface area contributed by atoms with Crippen molar-refractivity contribution in [3.8, 4) is 11.5 Å². The summed E-state index contributed by atoms with van der Waals surface area (Å²) in [7, 11) is 1.47. The van der Waals surface area contributed by atoms with Gasteiger partial charge in [-0.3, -0.25) is 4.90 Å². The number of rotatable bonds is 12. The number of benzene rings is 4. The number of hydrogen-bond donors (Lipinski definition) is 2. The van der Waals surface area contributed by atoms with E-state index in [1.54, 1.807) is 48.5 Å². The van der Waals surface area contributed by atoms with Gasteiger partial charge in [-0.1, -0.05) is 78.9 Å². The number of methoxy groups -OCH3 is 1. The van der Waals surface area contributed by atoms with Crippen LogP contribution in [0, 0.1) is 0 Å². The molecule has 0 heterocycles. The predicted molar refractivity (Wildman–Crippen MR) is 150 cm³/mol. The lowest BCUT2D eigenvalue weighted by atomic mass is 10.0. The molecule has 37 heavy (non-hydrogen) atoms. The normalized spacial score (nSPS) is 16.7. The zero-order valence-electron chi connectivity index (χ0n) is 26.8. The van der Waals surface area contributed by atoms with Gasteiger partial charge in [0, 0.05) is 27.3 Å². The van der Waals surface area contributed by atoms with Crippen LogP contribution in [0.2, 0.25) is 0 Å². The van der Waals surface area contributed by atoms with Gasteiger partial charge in [0.1, 0.15) is 18.1 Å². The van der Waals surface area contributed by atoms with Crippen molar-refractivity contribution < 1.29 is 22.8 Å². The number of anilines is 1. The molecule has 0 bridgehead atoms. The van der Waals surface area contributed by atoms with Crippen LogP contribution in [0.4, 0.5) is 5.69 Å². The van der Waals surface area contributed by atoms with E-state index in [0.717, 1.165) is 5.56 Å². The molecule has 0 aliphatic heterocycles. The van der Waals surface area contributed by atoms with Crippen LogP contribution in [0.1, 0.15) is 43.4 Å². The van der Waals surface area contributed by atoms with Gasteiger partial charge >= 0.3 is 0 Å². The molecule has 5 nitrogen and oxygen atoms in total. The maximum Gasteiger partial charge on any atom is 0.142 e. The van der Waals surface area contributed by atoms with Gasteiger partial charge in [0.2, 0.25) is 0 Å². The Labute approximate surface area is 228 Å². The number of nitrogens with zero attached hydrogens (tertiary/aromatic N) is 1. The lowest BCUT2D eigenvalue weighted by molar-refractivity contribution is 0.0859. The molecule has 0 saturated heterocycles. The van der Waals surface area contributed by atoms with Crippen molar-refractivity contribution in [2.75, 3.05) is 19.4 Å². The Morgan fingerprint density at radius 1 is 0.919 bits per heavy atom. The molecule has 4 rings (SSSR count). The Morgan fingerprint density at radius 3 is 2.22 bits per heavy atom. The molecule has 0 amide bonds. The summed E-state index contributed by atoms with van der Waals surface area (Å²) in [6.07, 6.45) is -4.00. The third-order valence-corrected chi connectivity index (χ3v) is 5.93.